The normalized spacial score (nSPS) is 40.9. The molecule has 48 valence electrons. The number of nitrogens with two attached hydrogens (primary N) is 1. The second-order valence-corrected chi connectivity index (χ2v) is 3.22. The lowest BCUT2D eigenvalue weighted by Gasteiger charge is -2.08. The van der Waals surface area contributed by atoms with Crippen molar-refractivity contribution >= 4 is 22.9 Å². The molecule has 0 amide bonds. The minimum absolute atomic E-state index is 0.0643. The molecule has 2 N–H and O–H groups in total. The fraction of sp³-hybridized carbons (Fsp3) is 1.00. The van der Waals surface area contributed by atoms with Crippen LogP contribution in [-0.4, -0.2) is 22.0 Å². The van der Waals surface area contributed by atoms with Crippen molar-refractivity contribution in [1.29, 1.82) is 0 Å². The van der Waals surface area contributed by atoms with Crippen molar-refractivity contribution in [2.45, 2.75) is 18.8 Å². The average Bonchev–Trinajstić information content (AvgIpc) is 1.85. The maximum absolute atomic E-state index is 12.3. The standard InChI is InChI=1S/C4H8FIN2/c5-3-1-4(7)8(6)2-3/h3-4H,1-2,7H2. The van der Waals surface area contributed by atoms with E-state index in [2.05, 4.69) is 0 Å². The molecule has 2 unspecified atom stereocenters. The molecule has 1 aliphatic rings. The lowest BCUT2D eigenvalue weighted by Crippen LogP contribution is -2.28. The van der Waals surface area contributed by atoms with Crippen molar-refractivity contribution in [2.75, 3.05) is 6.54 Å². The van der Waals surface area contributed by atoms with E-state index in [0.717, 1.165) is 0 Å². The van der Waals surface area contributed by atoms with Gasteiger partial charge in [-0.25, -0.2) is 7.50 Å². The molecule has 0 spiro atoms. The summed E-state index contributed by atoms with van der Waals surface area (Å²) in [6.45, 7) is 0.488. The van der Waals surface area contributed by atoms with Gasteiger partial charge in [0, 0.05) is 35.8 Å². The molecule has 0 bridgehead atoms. The molecule has 1 saturated heterocycles. The van der Waals surface area contributed by atoms with E-state index >= 15 is 0 Å². The van der Waals surface area contributed by atoms with Gasteiger partial charge in [0.25, 0.3) is 0 Å². The van der Waals surface area contributed by atoms with Crippen LogP contribution in [0, 0.1) is 0 Å². The Hall–Kier alpha value is 0.580. The van der Waals surface area contributed by atoms with Gasteiger partial charge in [-0.2, -0.15) is 0 Å². The van der Waals surface area contributed by atoms with Gasteiger partial charge < -0.3 is 5.73 Å². The SMILES string of the molecule is NC1CC(F)CN1I. The van der Waals surface area contributed by atoms with Crippen molar-refractivity contribution in [3.05, 3.63) is 0 Å². The summed E-state index contributed by atoms with van der Waals surface area (Å²) in [6.07, 6.45) is -0.282. The zero-order chi connectivity index (χ0) is 6.15. The Kier molecular flexibility index (Phi) is 2.05. The van der Waals surface area contributed by atoms with Gasteiger partial charge in [0.1, 0.15) is 6.17 Å². The monoisotopic (exact) mass is 230 g/mol. The van der Waals surface area contributed by atoms with Crippen LogP contribution in [0.1, 0.15) is 6.42 Å². The Morgan fingerprint density at radius 3 is 2.50 bits per heavy atom. The van der Waals surface area contributed by atoms with E-state index in [0.29, 0.717) is 13.0 Å². The molecule has 1 aliphatic heterocycles. The van der Waals surface area contributed by atoms with Crippen LogP contribution in [0.3, 0.4) is 0 Å². The highest BCUT2D eigenvalue weighted by molar-refractivity contribution is 14.1. The Morgan fingerprint density at radius 2 is 2.38 bits per heavy atom. The highest BCUT2D eigenvalue weighted by Gasteiger charge is 2.26. The van der Waals surface area contributed by atoms with E-state index in [1.54, 1.807) is 3.11 Å². The molecular formula is C4H8FIN2. The third-order valence-corrected chi connectivity index (χ3v) is 2.34. The fourth-order valence-electron chi connectivity index (χ4n) is 0.776. The predicted molar refractivity (Wildman–Crippen MR) is 38.2 cm³/mol. The van der Waals surface area contributed by atoms with Crippen LogP contribution in [0.5, 0.6) is 0 Å². The first kappa shape index (κ1) is 6.70. The minimum Gasteiger partial charge on any atom is -0.315 e. The van der Waals surface area contributed by atoms with Gasteiger partial charge in [0.2, 0.25) is 0 Å². The zero-order valence-corrected chi connectivity index (χ0v) is 6.51. The zero-order valence-electron chi connectivity index (χ0n) is 4.35. The summed E-state index contributed by atoms with van der Waals surface area (Å²) in [5.74, 6) is 0. The van der Waals surface area contributed by atoms with Crippen LogP contribution in [0.25, 0.3) is 0 Å². The molecule has 1 heterocycles. The third-order valence-electron chi connectivity index (χ3n) is 1.23. The van der Waals surface area contributed by atoms with Crippen LogP contribution in [-0.2, 0) is 0 Å². The van der Waals surface area contributed by atoms with Crippen molar-refractivity contribution in [3.8, 4) is 0 Å². The summed E-state index contributed by atoms with van der Waals surface area (Å²) in [5.41, 5.74) is 5.45. The molecule has 0 aromatic carbocycles. The van der Waals surface area contributed by atoms with E-state index in [1.165, 1.54) is 0 Å². The summed E-state index contributed by atoms with van der Waals surface area (Å²) in [7, 11) is 0. The number of rotatable bonds is 0. The first-order valence-corrected chi connectivity index (χ1v) is 3.48. The Balaban J connectivity index is 2.39. The van der Waals surface area contributed by atoms with Crippen LogP contribution in [0.2, 0.25) is 0 Å². The molecule has 0 saturated carbocycles. The van der Waals surface area contributed by atoms with Crippen molar-refractivity contribution in [2.24, 2.45) is 5.73 Å². The van der Waals surface area contributed by atoms with Gasteiger partial charge in [-0.15, -0.1) is 0 Å². The molecule has 2 nitrogen and oxygen atoms in total. The smallest absolute Gasteiger partial charge is 0.116 e. The molecule has 2 atom stereocenters. The highest BCUT2D eigenvalue weighted by Crippen LogP contribution is 2.19. The number of alkyl halides is 1. The number of hydrogen-bond acceptors (Lipinski definition) is 2. The summed E-state index contributed by atoms with van der Waals surface area (Å²) >= 11 is 2.04. The van der Waals surface area contributed by atoms with Gasteiger partial charge in [-0.1, -0.05) is 0 Å². The highest BCUT2D eigenvalue weighted by atomic mass is 127. The maximum Gasteiger partial charge on any atom is 0.116 e. The van der Waals surface area contributed by atoms with Crippen molar-refractivity contribution in [1.82, 2.24) is 3.11 Å². The van der Waals surface area contributed by atoms with E-state index in [9.17, 15) is 4.39 Å². The number of nitrogens with zero attached hydrogens (tertiary/aromatic N) is 1. The average molecular weight is 230 g/mol. The molecule has 1 fully saturated rings. The summed E-state index contributed by atoms with van der Waals surface area (Å²) in [5, 5.41) is 0. The van der Waals surface area contributed by atoms with Crippen LogP contribution in [0.15, 0.2) is 0 Å². The van der Waals surface area contributed by atoms with E-state index in [-0.39, 0.29) is 6.17 Å². The van der Waals surface area contributed by atoms with E-state index < -0.39 is 6.17 Å². The first-order valence-electron chi connectivity index (χ1n) is 2.52. The Bertz CT molecular complexity index is 80.1. The predicted octanol–water partition coefficient (Wildman–Crippen LogP) is 0.665. The van der Waals surface area contributed by atoms with Crippen molar-refractivity contribution in [3.63, 3.8) is 0 Å². The number of hydrogen-bond donors (Lipinski definition) is 1. The van der Waals surface area contributed by atoms with Crippen LogP contribution >= 0.6 is 22.9 Å². The second kappa shape index (κ2) is 2.45. The minimum atomic E-state index is -0.707. The molecule has 0 aliphatic carbocycles. The lowest BCUT2D eigenvalue weighted by atomic mass is 10.3. The van der Waals surface area contributed by atoms with Gasteiger partial charge in [0.05, 0.1) is 6.17 Å². The largest absolute Gasteiger partial charge is 0.315 e. The maximum atomic E-state index is 12.3. The first-order chi connectivity index (χ1) is 3.70. The third kappa shape index (κ3) is 1.29. The van der Waals surface area contributed by atoms with Gasteiger partial charge >= 0.3 is 0 Å². The molecule has 4 heteroatoms. The Labute approximate surface area is 61.7 Å². The molecule has 1 rings (SSSR count). The Morgan fingerprint density at radius 1 is 1.75 bits per heavy atom. The van der Waals surface area contributed by atoms with Crippen LogP contribution < -0.4 is 5.73 Å². The van der Waals surface area contributed by atoms with Gasteiger partial charge in [-0.05, 0) is 0 Å². The molecule has 0 radical (unpaired) electrons. The van der Waals surface area contributed by atoms with Crippen LogP contribution in [0.4, 0.5) is 4.39 Å². The molecular weight excluding hydrogens is 222 g/mol. The second-order valence-electron chi connectivity index (χ2n) is 1.98. The van der Waals surface area contributed by atoms with E-state index in [1.807, 2.05) is 22.9 Å². The summed E-state index contributed by atoms with van der Waals surface area (Å²) in [4.78, 5) is 0. The fourth-order valence-corrected chi connectivity index (χ4v) is 1.43. The van der Waals surface area contributed by atoms with Crippen molar-refractivity contribution < 1.29 is 4.39 Å². The summed E-state index contributed by atoms with van der Waals surface area (Å²) in [6, 6.07) is 0. The van der Waals surface area contributed by atoms with E-state index in [4.69, 9.17) is 5.73 Å². The molecule has 8 heavy (non-hydrogen) atoms. The summed E-state index contributed by atoms with van der Waals surface area (Å²) < 4.78 is 14.1. The van der Waals surface area contributed by atoms with Gasteiger partial charge in [0.15, 0.2) is 0 Å². The molecule has 0 aromatic rings. The topological polar surface area (TPSA) is 29.3 Å². The quantitative estimate of drug-likeness (QED) is 0.489. The number of halogens is 2. The lowest BCUT2D eigenvalue weighted by molar-refractivity contribution is 0.351. The molecule has 0 aromatic heterocycles. The van der Waals surface area contributed by atoms with Gasteiger partial charge in [-0.3, -0.25) is 0 Å².